The minimum Gasteiger partial charge on any atom is -0.381 e. The van der Waals surface area contributed by atoms with Crippen LogP contribution in [0.3, 0.4) is 0 Å². The lowest BCUT2D eigenvalue weighted by atomic mass is 10.1. The third-order valence-electron chi connectivity index (χ3n) is 4.69. The minimum absolute atomic E-state index is 0.0693. The van der Waals surface area contributed by atoms with Gasteiger partial charge in [-0.15, -0.1) is 0 Å². The number of rotatable bonds is 4. The number of anilines is 2. The maximum Gasteiger partial charge on any atom is 0.260 e. The Bertz CT molecular complexity index is 914. The van der Waals surface area contributed by atoms with E-state index in [4.69, 9.17) is 4.98 Å². The van der Waals surface area contributed by atoms with Crippen LogP contribution in [0, 0.1) is 0 Å². The first-order chi connectivity index (χ1) is 12.3. The molecular weight excluding hydrogens is 312 g/mol. The van der Waals surface area contributed by atoms with Crippen molar-refractivity contribution in [2.75, 3.05) is 23.3 Å². The molecule has 4 rings (SSSR count). The van der Waals surface area contributed by atoms with Crippen molar-refractivity contribution in [2.45, 2.75) is 25.8 Å². The molecule has 128 valence electrons. The molecule has 0 radical (unpaired) electrons. The number of aromatic nitrogens is 2. The van der Waals surface area contributed by atoms with E-state index in [0.717, 1.165) is 43.7 Å². The lowest BCUT2D eigenvalue weighted by Crippen LogP contribution is -2.32. The summed E-state index contributed by atoms with van der Waals surface area (Å²) in [6, 6.07) is 16.0. The predicted molar refractivity (Wildman–Crippen MR) is 102 cm³/mol. The van der Waals surface area contributed by atoms with Gasteiger partial charge in [0, 0.05) is 25.3 Å². The van der Waals surface area contributed by atoms with Crippen molar-refractivity contribution >= 4 is 22.5 Å². The molecule has 25 heavy (non-hydrogen) atoms. The van der Waals surface area contributed by atoms with Gasteiger partial charge in [0.05, 0.1) is 10.9 Å². The van der Waals surface area contributed by atoms with Gasteiger partial charge in [-0.3, -0.25) is 9.78 Å². The van der Waals surface area contributed by atoms with Crippen molar-refractivity contribution in [1.82, 2.24) is 9.97 Å². The maximum atomic E-state index is 12.4. The van der Waals surface area contributed by atoms with Crippen LogP contribution >= 0.6 is 0 Å². The Labute approximate surface area is 146 Å². The molecule has 0 bridgehead atoms. The second-order valence-electron chi connectivity index (χ2n) is 6.51. The lowest BCUT2D eigenvalue weighted by molar-refractivity contribution is 0.568. The van der Waals surface area contributed by atoms with Crippen LogP contribution < -0.4 is 15.8 Å². The second-order valence-corrected chi connectivity index (χ2v) is 6.51. The molecule has 0 spiro atoms. The van der Waals surface area contributed by atoms with Crippen molar-refractivity contribution < 1.29 is 0 Å². The molecule has 1 fully saturated rings. The highest BCUT2D eigenvalue weighted by molar-refractivity contribution is 5.82. The molecule has 0 saturated carbocycles. The normalized spacial score (nSPS) is 14.6. The molecule has 2 N–H and O–H groups in total. The molecule has 3 aromatic rings. The largest absolute Gasteiger partial charge is 0.381 e. The van der Waals surface area contributed by atoms with Gasteiger partial charge in [-0.05, 0) is 43.0 Å². The second kappa shape index (κ2) is 6.97. The van der Waals surface area contributed by atoms with Gasteiger partial charge in [0.1, 0.15) is 0 Å². The summed E-state index contributed by atoms with van der Waals surface area (Å²) in [5, 5.41) is 4.04. The van der Waals surface area contributed by atoms with Crippen LogP contribution in [0.15, 0.2) is 53.3 Å². The number of aromatic amines is 1. The molecule has 0 aliphatic carbocycles. The zero-order valence-electron chi connectivity index (χ0n) is 14.2. The van der Waals surface area contributed by atoms with Crippen molar-refractivity contribution in [3.05, 3.63) is 64.4 Å². The Balaban J connectivity index is 1.60. The van der Waals surface area contributed by atoms with Gasteiger partial charge in [0.15, 0.2) is 0 Å². The highest BCUT2D eigenvalue weighted by Gasteiger charge is 2.14. The number of H-pyrrole nitrogens is 1. The van der Waals surface area contributed by atoms with E-state index in [2.05, 4.69) is 27.3 Å². The van der Waals surface area contributed by atoms with Crippen LogP contribution in [-0.4, -0.2) is 23.1 Å². The standard InChI is InChI=1S/C20H22N4O/c25-19-17-10-9-16(21-14-15-7-3-1-4-8-15)13-18(17)22-20(23-19)24-11-5-2-6-12-24/h1,3-4,7-10,13,21H,2,5-6,11-12,14H2,(H,22,23,25). The average Bonchev–Trinajstić information content (AvgIpc) is 2.67. The zero-order valence-corrected chi connectivity index (χ0v) is 14.2. The Hall–Kier alpha value is -2.82. The monoisotopic (exact) mass is 334 g/mol. The molecule has 1 aliphatic heterocycles. The predicted octanol–water partition coefficient (Wildman–Crippen LogP) is 3.53. The fourth-order valence-corrected chi connectivity index (χ4v) is 3.29. The number of hydrogen-bond donors (Lipinski definition) is 2. The van der Waals surface area contributed by atoms with E-state index in [1.807, 2.05) is 36.4 Å². The van der Waals surface area contributed by atoms with Crippen LogP contribution in [-0.2, 0) is 6.54 Å². The highest BCUT2D eigenvalue weighted by Crippen LogP contribution is 2.20. The molecule has 1 aliphatic rings. The molecule has 1 aromatic heterocycles. The third-order valence-corrected chi connectivity index (χ3v) is 4.69. The van der Waals surface area contributed by atoms with Crippen LogP contribution in [0.4, 0.5) is 11.6 Å². The third kappa shape index (κ3) is 3.50. The fourth-order valence-electron chi connectivity index (χ4n) is 3.29. The number of nitrogens with one attached hydrogen (secondary N) is 2. The Morgan fingerprint density at radius 2 is 1.84 bits per heavy atom. The number of hydrogen-bond acceptors (Lipinski definition) is 4. The van der Waals surface area contributed by atoms with Crippen LogP contribution in [0.25, 0.3) is 10.9 Å². The molecule has 0 amide bonds. The van der Waals surface area contributed by atoms with Crippen molar-refractivity contribution in [1.29, 1.82) is 0 Å². The maximum absolute atomic E-state index is 12.4. The first-order valence-electron chi connectivity index (χ1n) is 8.86. The molecule has 0 atom stereocenters. The summed E-state index contributed by atoms with van der Waals surface area (Å²) in [6.07, 6.45) is 3.56. The van der Waals surface area contributed by atoms with E-state index in [1.54, 1.807) is 0 Å². The van der Waals surface area contributed by atoms with E-state index in [0.29, 0.717) is 11.3 Å². The quantitative estimate of drug-likeness (QED) is 0.766. The van der Waals surface area contributed by atoms with Gasteiger partial charge in [-0.2, -0.15) is 0 Å². The highest BCUT2D eigenvalue weighted by atomic mass is 16.1. The summed E-state index contributed by atoms with van der Waals surface area (Å²) in [5.74, 6) is 0.692. The first kappa shape index (κ1) is 15.7. The summed E-state index contributed by atoms with van der Waals surface area (Å²) in [6.45, 7) is 2.66. The van der Waals surface area contributed by atoms with E-state index in [1.165, 1.54) is 12.0 Å². The molecular formula is C20H22N4O. The smallest absolute Gasteiger partial charge is 0.260 e. The molecule has 5 heteroatoms. The fraction of sp³-hybridized carbons (Fsp3) is 0.300. The molecule has 0 unspecified atom stereocenters. The van der Waals surface area contributed by atoms with Gasteiger partial charge in [-0.25, -0.2) is 4.98 Å². The van der Waals surface area contributed by atoms with Crippen LogP contribution in [0.1, 0.15) is 24.8 Å². The number of nitrogens with zero attached hydrogens (tertiary/aromatic N) is 2. The van der Waals surface area contributed by atoms with E-state index in [-0.39, 0.29) is 5.56 Å². The van der Waals surface area contributed by atoms with Crippen molar-refractivity contribution in [2.24, 2.45) is 0 Å². The Kier molecular flexibility index (Phi) is 4.37. The average molecular weight is 334 g/mol. The number of fused-ring (bicyclic) bond motifs is 1. The molecule has 2 aromatic carbocycles. The van der Waals surface area contributed by atoms with Crippen LogP contribution in [0.2, 0.25) is 0 Å². The molecule has 5 nitrogen and oxygen atoms in total. The van der Waals surface area contributed by atoms with Gasteiger partial charge in [-0.1, -0.05) is 30.3 Å². The van der Waals surface area contributed by atoms with E-state index in [9.17, 15) is 4.79 Å². The summed E-state index contributed by atoms with van der Waals surface area (Å²) < 4.78 is 0. The summed E-state index contributed by atoms with van der Waals surface area (Å²) in [5.41, 5.74) is 2.86. The number of piperidine rings is 1. The van der Waals surface area contributed by atoms with Crippen LogP contribution in [0.5, 0.6) is 0 Å². The van der Waals surface area contributed by atoms with E-state index >= 15 is 0 Å². The lowest BCUT2D eigenvalue weighted by Gasteiger charge is -2.27. The Morgan fingerprint density at radius 3 is 2.64 bits per heavy atom. The van der Waals surface area contributed by atoms with Crippen molar-refractivity contribution in [3.63, 3.8) is 0 Å². The van der Waals surface area contributed by atoms with Gasteiger partial charge < -0.3 is 10.2 Å². The molecule has 2 heterocycles. The van der Waals surface area contributed by atoms with E-state index < -0.39 is 0 Å². The Morgan fingerprint density at radius 1 is 1.04 bits per heavy atom. The molecule has 1 saturated heterocycles. The summed E-state index contributed by atoms with van der Waals surface area (Å²) in [7, 11) is 0. The summed E-state index contributed by atoms with van der Waals surface area (Å²) in [4.78, 5) is 22.2. The van der Waals surface area contributed by atoms with Crippen molar-refractivity contribution in [3.8, 4) is 0 Å². The number of benzene rings is 2. The topological polar surface area (TPSA) is 61.0 Å². The summed E-state index contributed by atoms with van der Waals surface area (Å²) >= 11 is 0. The van der Waals surface area contributed by atoms with Gasteiger partial charge in [0.25, 0.3) is 5.56 Å². The zero-order chi connectivity index (χ0) is 17.1. The minimum atomic E-state index is -0.0693. The van der Waals surface area contributed by atoms with Gasteiger partial charge >= 0.3 is 0 Å². The first-order valence-corrected chi connectivity index (χ1v) is 8.86. The SMILES string of the molecule is O=c1[nH]c(N2CCCCC2)nc2cc(NCc3ccccc3)ccc12. The van der Waals surface area contributed by atoms with Gasteiger partial charge in [0.2, 0.25) is 5.95 Å².